The summed E-state index contributed by atoms with van der Waals surface area (Å²) in [6.45, 7) is 14.3. The monoisotopic (exact) mass is 432 g/mol. The molecule has 30 heavy (non-hydrogen) atoms. The van der Waals surface area contributed by atoms with E-state index in [2.05, 4.69) is 43.8 Å². The molecule has 2 aromatic rings. The van der Waals surface area contributed by atoms with Crippen molar-refractivity contribution in [1.29, 1.82) is 0 Å². The molecular weight excluding hydrogens is 400 g/mol. The van der Waals surface area contributed by atoms with Gasteiger partial charge in [-0.3, -0.25) is 9.69 Å². The number of anilines is 1. The number of nitrogens with one attached hydrogen (secondary N) is 1. The maximum atomic E-state index is 12.8. The zero-order valence-corrected chi connectivity index (χ0v) is 18.8. The molecule has 1 N–H and O–H groups in total. The van der Waals surface area contributed by atoms with Gasteiger partial charge >= 0.3 is 0 Å². The van der Waals surface area contributed by atoms with Crippen LogP contribution in [-0.4, -0.2) is 97.8 Å². The normalized spacial score (nSPS) is 18.8. The summed E-state index contributed by atoms with van der Waals surface area (Å²) in [5.41, 5.74) is 0.853. The van der Waals surface area contributed by atoms with Crippen LogP contribution in [0.4, 0.5) is 5.82 Å². The first kappa shape index (κ1) is 21.4. The Bertz CT molecular complexity index is 859. The van der Waals surface area contributed by atoms with Crippen molar-refractivity contribution in [3.8, 4) is 0 Å². The van der Waals surface area contributed by atoms with E-state index in [4.69, 9.17) is 4.74 Å². The van der Waals surface area contributed by atoms with Gasteiger partial charge in [-0.2, -0.15) is 0 Å². The molecule has 0 saturated carbocycles. The quantitative estimate of drug-likeness (QED) is 0.712. The lowest BCUT2D eigenvalue weighted by molar-refractivity contribution is 0.0926. The molecule has 2 aromatic heterocycles. The number of thiophene rings is 1. The maximum absolute atomic E-state index is 12.8. The van der Waals surface area contributed by atoms with Crippen LogP contribution in [0.1, 0.15) is 28.8 Å². The number of hydrogen-bond acceptors (Lipinski definition) is 8. The van der Waals surface area contributed by atoms with E-state index < -0.39 is 0 Å². The minimum atomic E-state index is -0.195. The van der Waals surface area contributed by atoms with E-state index in [0.717, 1.165) is 62.5 Å². The van der Waals surface area contributed by atoms with Crippen molar-refractivity contribution in [2.45, 2.75) is 20.3 Å². The first-order valence-corrected chi connectivity index (χ1v) is 11.8. The van der Waals surface area contributed by atoms with Crippen molar-refractivity contribution in [2.75, 3.05) is 77.0 Å². The molecule has 0 atom stereocenters. The van der Waals surface area contributed by atoms with Crippen LogP contribution in [0.15, 0.2) is 5.38 Å². The van der Waals surface area contributed by atoms with Crippen LogP contribution in [-0.2, 0) is 4.74 Å². The molecule has 2 aliphatic rings. The number of amides is 1. The van der Waals surface area contributed by atoms with Gasteiger partial charge in [0.2, 0.25) is 5.82 Å². The maximum Gasteiger partial charge on any atom is 0.289 e. The van der Waals surface area contributed by atoms with Crippen molar-refractivity contribution in [1.82, 2.24) is 25.1 Å². The second-order valence-electron chi connectivity index (χ2n) is 7.96. The number of carbonyl (C=O) groups excluding carboxylic acids is 1. The van der Waals surface area contributed by atoms with E-state index in [1.54, 1.807) is 11.3 Å². The minimum Gasteiger partial charge on any atom is -0.378 e. The Hall–Kier alpha value is -1.81. The number of aryl methyl sites for hydroxylation is 1. The molecule has 9 heteroatoms. The summed E-state index contributed by atoms with van der Waals surface area (Å²) in [5, 5.41) is 6.10. The molecule has 0 bridgehead atoms. The van der Waals surface area contributed by atoms with Crippen molar-refractivity contribution >= 4 is 34.0 Å². The highest BCUT2D eigenvalue weighted by atomic mass is 32.1. The predicted octanol–water partition coefficient (Wildman–Crippen LogP) is 1.59. The van der Waals surface area contributed by atoms with E-state index in [9.17, 15) is 4.79 Å². The number of ether oxygens (including phenoxy) is 1. The van der Waals surface area contributed by atoms with E-state index in [0.29, 0.717) is 19.8 Å². The van der Waals surface area contributed by atoms with Gasteiger partial charge in [0.05, 0.1) is 24.1 Å². The van der Waals surface area contributed by atoms with Gasteiger partial charge in [-0.25, -0.2) is 9.97 Å². The highest BCUT2D eigenvalue weighted by Crippen LogP contribution is 2.31. The van der Waals surface area contributed by atoms with Gasteiger partial charge in [-0.05, 0) is 19.9 Å². The first-order valence-electron chi connectivity index (χ1n) is 11.0. The van der Waals surface area contributed by atoms with Crippen molar-refractivity contribution in [3.05, 3.63) is 16.1 Å². The number of morpholine rings is 1. The number of rotatable bonds is 7. The van der Waals surface area contributed by atoms with Crippen LogP contribution in [0.2, 0.25) is 0 Å². The lowest BCUT2D eigenvalue weighted by Crippen LogP contribution is -2.48. The molecule has 4 rings (SSSR count). The Morgan fingerprint density at radius 1 is 1.10 bits per heavy atom. The SMILES string of the molecule is CCCN1CCN(CCNC(=O)c2nc(N3CCOCC3)c3c(C)scc3n2)CC1. The second-order valence-corrected chi connectivity index (χ2v) is 9.05. The lowest BCUT2D eigenvalue weighted by atomic mass is 10.2. The number of aromatic nitrogens is 2. The van der Waals surface area contributed by atoms with Gasteiger partial charge in [-0.15, -0.1) is 11.3 Å². The van der Waals surface area contributed by atoms with E-state index in [1.807, 2.05) is 5.38 Å². The third-order valence-electron chi connectivity index (χ3n) is 5.85. The minimum absolute atomic E-state index is 0.195. The highest BCUT2D eigenvalue weighted by molar-refractivity contribution is 7.11. The van der Waals surface area contributed by atoms with Gasteiger partial charge in [0.25, 0.3) is 5.91 Å². The molecule has 2 saturated heterocycles. The fraction of sp³-hybridized carbons (Fsp3) is 0.667. The molecule has 0 aliphatic carbocycles. The molecule has 0 aromatic carbocycles. The number of piperazine rings is 1. The molecular formula is C21H32N6O2S. The van der Waals surface area contributed by atoms with Crippen molar-refractivity contribution < 1.29 is 9.53 Å². The summed E-state index contributed by atoms with van der Waals surface area (Å²) >= 11 is 1.65. The third-order valence-corrected chi connectivity index (χ3v) is 6.75. The average molecular weight is 433 g/mol. The van der Waals surface area contributed by atoms with E-state index >= 15 is 0 Å². The summed E-state index contributed by atoms with van der Waals surface area (Å²) in [5.74, 6) is 0.925. The summed E-state index contributed by atoms with van der Waals surface area (Å²) in [6.07, 6.45) is 1.20. The average Bonchev–Trinajstić information content (AvgIpc) is 3.16. The molecule has 0 unspecified atom stereocenters. The Morgan fingerprint density at radius 3 is 2.50 bits per heavy atom. The predicted molar refractivity (Wildman–Crippen MR) is 121 cm³/mol. The fourth-order valence-electron chi connectivity index (χ4n) is 4.16. The van der Waals surface area contributed by atoms with Crippen LogP contribution in [0, 0.1) is 6.92 Å². The number of carbonyl (C=O) groups is 1. The largest absolute Gasteiger partial charge is 0.378 e. The molecule has 8 nitrogen and oxygen atoms in total. The van der Waals surface area contributed by atoms with Crippen LogP contribution < -0.4 is 10.2 Å². The molecule has 2 fully saturated rings. The molecule has 164 valence electrons. The molecule has 1 amide bonds. The van der Waals surface area contributed by atoms with Gasteiger partial charge in [0, 0.05) is 62.6 Å². The zero-order chi connectivity index (χ0) is 20.9. The van der Waals surface area contributed by atoms with Gasteiger partial charge in [0.1, 0.15) is 5.82 Å². The molecule has 2 aliphatic heterocycles. The number of fused-ring (bicyclic) bond motifs is 1. The van der Waals surface area contributed by atoms with E-state index in [-0.39, 0.29) is 11.7 Å². The number of hydrogen-bond donors (Lipinski definition) is 1. The Kier molecular flexibility index (Phi) is 7.14. The van der Waals surface area contributed by atoms with Crippen molar-refractivity contribution in [2.24, 2.45) is 0 Å². The Balaban J connectivity index is 1.38. The Labute approximate surface area is 182 Å². The highest BCUT2D eigenvalue weighted by Gasteiger charge is 2.22. The fourth-order valence-corrected chi connectivity index (χ4v) is 4.93. The standard InChI is InChI=1S/C21H32N6O2S/c1-3-5-25-7-9-26(10-8-25)6-4-22-21(28)19-23-17-15-30-16(2)18(17)20(24-19)27-11-13-29-14-12-27/h15H,3-14H2,1-2H3,(H,22,28). The van der Waals surface area contributed by atoms with Gasteiger partial charge in [-0.1, -0.05) is 6.92 Å². The van der Waals surface area contributed by atoms with Crippen LogP contribution >= 0.6 is 11.3 Å². The zero-order valence-electron chi connectivity index (χ0n) is 18.0. The van der Waals surface area contributed by atoms with Crippen LogP contribution in [0.3, 0.4) is 0 Å². The molecule has 0 spiro atoms. The molecule has 4 heterocycles. The lowest BCUT2D eigenvalue weighted by Gasteiger charge is -2.34. The topological polar surface area (TPSA) is 73.8 Å². The Morgan fingerprint density at radius 2 is 1.80 bits per heavy atom. The summed E-state index contributed by atoms with van der Waals surface area (Å²) < 4.78 is 5.48. The third kappa shape index (κ3) is 4.91. The summed E-state index contributed by atoms with van der Waals surface area (Å²) in [4.78, 5) is 30.4. The van der Waals surface area contributed by atoms with Crippen LogP contribution in [0.25, 0.3) is 10.9 Å². The van der Waals surface area contributed by atoms with Gasteiger partial charge < -0.3 is 19.9 Å². The van der Waals surface area contributed by atoms with E-state index in [1.165, 1.54) is 17.8 Å². The smallest absolute Gasteiger partial charge is 0.289 e. The van der Waals surface area contributed by atoms with Crippen LogP contribution in [0.5, 0.6) is 0 Å². The van der Waals surface area contributed by atoms with Crippen molar-refractivity contribution in [3.63, 3.8) is 0 Å². The number of nitrogens with zero attached hydrogens (tertiary/aromatic N) is 5. The molecule has 0 radical (unpaired) electrons. The summed E-state index contributed by atoms with van der Waals surface area (Å²) in [6, 6.07) is 0. The van der Waals surface area contributed by atoms with Gasteiger partial charge in [0.15, 0.2) is 0 Å². The first-order chi connectivity index (χ1) is 14.7. The second kappa shape index (κ2) is 10.00. The summed E-state index contributed by atoms with van der Waals surface area (Å²) in [7, 11) is 0.